The maximum Gasteiger partial charge on any atom is 0.264 e. The first kappa shape index (κ1) is 20.3. The molecule has 0 aromatic heterocycles. The number of hydrogen-bond donors (Lipinski definition) is 0. The Balaban J connectivity index is 1.99. The lowest BCUT2D eigenvalue weighted by Crippen LogP contribution is -2.25. The van der Waals surface area contributed by atoms with Crippen molar-refractivity contribution in [1.29, 1.82) is 0 Å². The molecule has 30 heavy (non-hydrogen) atoms. The van der Waals surface area contributed by atoms with Crippen LogP contribution in [0.1, 0.15) is 6.92 Å². The van der Waals surface area contributed by atoms with Gasteiger partial charge >= 0.3 is 0 Å². The summed E-state index contributed by atoms with van der Waals surface area (Å²) < 4.78 is 12.1. The average molecular weight is 432 g/mol. The molecule has 3 nitrogen and oxygen atoms in total. The van der Waals surface area contributed by atoms with Gasteiger partial charge in [0.2, 0.25) is 0 Å². The van der Waals surface area contributed by atoms with E-state index < -0.39 is 0 Å². The molecule has 0 aliphatic rings. The molecule has 0 saturated carbocycles. The second-order valence-corrected chi connectivity index (χ2v) is 8.17. The predicted molar refractivity (Wildman–Crippen MR) is 133 cm³/mol. The Labute approximate surface area is 186 Å². The van der Waals surface area contributed by atoms with Gasteiger partial charge in [-0.1, -0.05) is 48.5 Å². The van der Waals surface area contributed by atoms with E-state index in [1.54, 1.807) is 11.8 Å². The fourth-order valence-corrected chi connectivity index (χ4v) is 3.55. The maximum absolute atomic E-state index is 6.11. The first-order chi connectivity index (χ1) is 14.4. The predicted octanol–water partition coefficient (Wildman–Crippen LogP) is 6.61. The highest BCUT2D eigenvalue weighted by Gasteiger charge is 2.17. The lowest BCUT2D eigenvalue weighted by molar-refractivity contribution is 0.450. The zero-order valence-electron chi connectivity index (χ0n) is 17.0. The third-order valence-corrected chi connectivity index (χ3v) is 5.33. The van der Waals surface area contributed by atoms with Crippen LogP contribution in [0.5, 0.6) is 11.5 Å². The minimum absolute atomic E-state index is 0.390. The minimum atomic E-state index is 0.390. The molecule has 0 unspecified atom stereocenters. The van der Waals surface area contributed by atoms with Gasteiger partial charge in [-0.2, -0.15) is 0 Å². The van der Waals surface area contributed by atoms with Crippen molar-refractivity contribution < 1.29 is 9.47 Å². The molecule has 0 aliphatic heterocycles. The molecule has 0 amide bonds. The van der Waals surface area contributed by atoms with E-state index >= 15 is 0 Å². The van der Waals surface area contributed by atoms with Crippen molar-refractivity contribution in [3.8, 4) is 22.6 Å². The van der Waals surface area contributed by atoms with Crippen molar-refractivity contribution in [2.45, 2.75) is 6.92 Å². The van der Waals surface area contributed by atoms with Gasteiger partial charge in [-0.15, -0.1) is 0 Å². The monoisotopic (exact) mass is 431 g/mol. The summed E-state index contributed by atoms with van der Waals surface area (Å²) in [5, 5.41) is 5.22. The normalized spacial score (nSPS) is 10.8. The Morgan fingerprint density at radius 3 is 1.47 bits per heavy atom. The van der Waals surface area contributed by atoms with Gasteiger partial charge in [-0.05, 0) is 70.2 Å². The van der Waals surface area contributed by atoms with Gasteiger partial charge in [0.15, 0.2) is 5.05 Å². The van der Waals surface area contributed by atoms with Gasteiger partial charge in [0, 0.05) is 32.1 Å². The van der Waals surface area contributed by atoms with Crippen molar-refractivity contribution >= 4 is 56.2 Å². The number of hydrogen-bond acceptors (Lipinski definition) is 4. The molecule has 150 valence electrons. The van der Waals surface area contributed by atoms with Crippen LogP contribution in [0.25, 0.3) is 32.7 Å². The summed E-state index contributed by atoms with van der Waals surface area (Å²) in [7, 11) is 3.73. The Morgan fingerprint density at radius 2 is 1.07 bits per heavy atom. The largest absolute Gasteiger partial charge is 0.450 e. The van der Waals surface area contributed by atoms with E-state index in [1.807, 2.05) is 50.5 Å². The van der Waals surface area contributed by atoms with Crippen LogP contribution in [0.4, 0.5) is 0 Å². The van der Waals surface area contributed by atoms with E-state index in [9.17, 15) is 0 Å². The summed E-state index contributed by atoms with van der Waals surface area (Å²) in [6.45, 7) is 1.77. The minimum Gasteiger partial charge on any atom is -0.450 e. The van der Waals surface area contributed by atoms with Crippen LogP contribution in [0.3, 0.4) is 0 Å². The van der Waals surface area contributed by atoms with E-state index in [4.69, 9.17) is 33.9 Å². The van der Waals surface area contributed by atoms with Crippen molar-refractivity contribution in [2.24, 2.45) is 0 Å². The number of rotatable bonds is 3. The Hall–Kier alpha value is -3.02. The molecule has 5 heteroatoms. The molecule has 0 atom stereocenters. The average Bonchev–Trinajstić information content (AvgIpc) is 2.72. The van der Waals surface area contributed by atoms with Gasteiger partial charge in [0.1, 0.15) is 11.5 Å². The third kappa shape index (κ3) is 4.13. The van der Waals surface area contributed by atoms with E-state index in [0.29, 0.717) is 21.7 Å². The highest BCUT2D eigenvalue weighted by Crippen LogP contribution is 2.41. The van der Waals surface area contributed by atoms with E-state index in [2.05, 4.69) is 36.4 Å². The van der Waals surface area contributed by atoms with Gasteiger partial charge < -0.3 is 14.4 Å². The summed E-state index contributed by atoms with van der Waals surface area (Å²) in [6.07, 6.45) is 0. The quantitative estimate of drug-likeness (QED) is 0.339. The number of thiocarbonyl (C=S) groups is 2. The highest BCUT2D eigenvalue weighted by atomic mass is 32.1. The molecule has 4 rings (SSSR count). The van der Waals surface area contributed by atoms with E-state index in [1.165, 1.54) is 0 Å². The second-order valence-electron chi connectivity index (χ2n) is 7.25. The fraction of sp³-hybridized carbons (Fsp3) is 0.120. The van der Waals surface area contributed by atoms with Crippen molar-refractivity contribution in [1.82, 2.24) is 4.90 Å². The van der Waals surface area contributed by atoms with E-state index in [-0.39, 0.29) is 0 Å². The van der Waals surface area contributed by atoms with Gasteiger partial charge in [0.25, 0.3) is 5.17 Å². The smallest absolute Gasteiger partial charge is 0.264 e. The standard InChI is InChI=1S/C25H21NO2S2/c1-16(29)27-23-14-19-10-6-4-8-17(19)12-21(23)22-13-18-9-5-7-11-20(18)15-24(22)28-25(30)26(2)3/h4-15H,1-3H3. The van der Waals surface area contributed by atoms with Crippen LogP contribution in [-0.4, -0.2) is 29.2 Å². The molecule has 0 fully saturated rings. The number of ether oxygens (including phenoxy) is 2. The van der Waals surface area contributed by atoms with Gasteiger partial charge in [-0.3, -0.25) is 0 Å². The molecular weight excluding hydrogens is 410 g/mol. The lowest BCUT2D eigenvalue weighted by Gasteiger charge is -2.19. The van der Waals surface area contributed by atoms with Gasteiger partial charge in [-0.25, -0.2) is 0 Å². The Kier molecular flexibility index (Phi) is 5.66. The fourth-order valence-electron chi connectivity index (χ4n) is 3.37. The molecule has 0 spiro atoms. The zero-order chi connectivity index (χ0) is 21.3. The summed E-state index contributed by atoms with van der Waals surface area (Å²) in [5.74, 6) is 1.37. The van der Waals surface area contributed by atoms with E-state index in [0.717, 1.165) is 32.7 Å². The molecule has 4 aromatic carbocycles. The highest BCUT2D eigenvalue weighted by molar-refractivity contribution is 7.80. The molecule has 0 radical (unpaired) electrons. The number of fused-ring (bicyclic) bond motifs is 2. The Morgan fingerprint density at radius 1 is 0.667 bits per heavy atom. The summed E-state index contributed by atoms with van der Waals surface area (Å²) in [6, 6.07) is 24.6. The molecule has 0 heterocycles. The second kappa shape index (κ2) is 8.38. The first-order valence-electron chi connectivity index (χ1n) is 9.56. The summed E-state index contributed by atoms with van der Waals surface area (Å²) >= 11 is 10.7. The van der Waals surface area contributed by atoms with Crippen LogP contribution >= 0.6 is 24.4 Å². The van der Waals surface area contributed by atoms with Crippen molar-refractivity contribution in [2.75, 3.05) is 14.1 Å². The summed E-state index contributed by atoms with van der Waals surface area (Å²) in [5.41, 5.74) is 1.80. The van der Waals surface area contributed by atoms with Crippen molar-refractivity contribution in [3.63, 3.8) is 0 Å². The first-order valence-corrected chi connectivity index (χ1v) is 10.4. The molecule has 0 saturated heterocycles. The van der Waals surface area contributed by atoms with Gasteiger partial charge in [0.05, 0.1) is 0 Å². The molecule has 0 bridgehead atoms. The molecule has 4 aromatic rings. The van der Waals surface area contributed by atoms with Crippen LogP contribution < -0.4 is 9.47 Å². The number of benzene rings is 4. The van der Waals surface area contributed by atoms with Crippen LogP contribution in [0.2, 0.25) is 0 Å². The molecule has 0 N–H and O–H groups in total. The third-order valence-electron chi connectivity index (χ3n) is 4.80. The molecular formula is C25H21NO2S2. The number of nitrogens with zero attached hydrogens (tertiary/aromatic N) is 1. The van der Waals surface area contributed by atoms with Crippen LogP contribution in [-0.2, 0) is 0 Å². The zero-order valence-corrected chi connectivity index (χ0v) is 18.6. The Bertz CT molecular complexity index is 1280. The van der Waals surface area contributed by atoms with Crippen LogP contribution in [0, 0.1) is 0 Å². The topological polar surface area (TPSA) is 21.7 Å². The lowest BCUT2D eigenvalue weighted by atomic mass is 9.96. The van der Waals surface area contributed by atoms with Crippen molar-refractivity contribution in [3.05, 3.63) is 72.8 Å². The molecule has 0 aliphatic carbocycles. The SMILES string of the molecule is CC(=S)Oc1cc2ccccc2cc1-c1cc2ccccc2cc1OC(=S)N(C)C. The maximum atomic E-state index is 6.11. The van der Waals surface area contributed by atoms with Crippen LogP contribution in [0.15, 0.2) is 72.8 Å². The summed E-state index contributed by atoms with van der Waals surface area (Å²) in [4.78, 5) is 1.77.